The summed E-state index contributed by atoms with van der Waals surface area (Å²) < 4.78 is 27.3. The minimum absolute atomic E-state index is 0.00776. The number of anilines is 1. The molecule has 0 aliphatic carbocycles. The van der Waals surface area contributed by atoms with Gasteiger partial charge in [-0.15, -0.1) is 0 Å². The van der Waals surface area contributed by atoms with E-state index in [0.717, 1.165) is 21.1 Å². The first kappa shape index (κ1) is 22.7. The van der Waals surface area contributed by atoms with Crippen molar-refractivity contribution in [2.45, 2.75) is 18.4 Å². The molecule has 7 nitrogen and oxygen atoms in total. The van der Waals surface area contributed by atoms with Crippen molar-refractivity contribution in [1.82, 2.24) is 9.62 Å². The Morgan fingerprint density at radius 2 is 1.73 bits per heavy atom. The SMILES string of the molecule is Cc1ccc(N(Cc2ccccc2)C(=O)c2cccc(S(=O)(=O)N3CCNC(=O)C3)c2)cc1. The van der Waals surface area contributed by atoms with Crippen molar-refractivity contribution in [1.29, 1.82) is 0 Å². The maximum Gasteiger partial charge on any atom is 0.258 e. The molecule has 0 bridgehead atoms. The third kappa shape index (κ3) is 5.13. The standard InChI is InChI=1S/C25H25N3O4S/c1-19-10-12-22(13-11-19)28(17-20-6-3-2-4-7-20)25(30)21-8-5-9-23(16-21)33(31,32)27-15-14-26-24(29)18-27/h2-13,16H,14-15,17-18H2,1H3,(H,26,29). The molecule has 0 atom stereocenters. The van der Waals surface area contributed by atoms with E-state index < -0.39 is 10.0 Å². The molecule has 4 rings (SSSR count). The Hall–Kier alpha value is -3.49. The summed E-state index contributed by atoms with van der Waals surface area (Å²) in [6, 6.07) is 23.2. The van der Waals surface area contributed by atoms with Crippen LogP contribution >= 0.6 is 0 Å². The first-order chi connectivity index (χ1) is 15.8. The highest BCUT2D eigenvalue weighted by Crippen LogP contribution is 2.23. The molecule has 33 heavy (non-hydrogen) atoms. The zero-order chi connectivity index (χ0) is 23.4. The number of sulfonamides is 1. The second-order valence-electron chi connectivity index (χ2n) is 7.93. The molecule has 0 aromatic heterocycles. The van der Waals surface area contributed by atoms with Gasteiger partial charge < -0.3 is 10.2 Å². The van der Waals surface area contributed by atoms with Gasteiger partial charge in [0.15, 0.2) is 0 Å². The van der Waals surface area contributed by atoms with Crippen molar-refractivity contribution in [3.05, 3.63) is 95.6 Å². The van der Waals surface area contributed by atoms with E-state index in [4.69, 9.17) is 0 Å². The third-order valence-corrected chi connectivity index (χ3v) is 7.34. The van der Waals surface area contributed by atoms with Gasteiger partial charge in [0.2, 0.25) is 15.9 Å². The molecule has 1 aliphatic heterocycles. The maximum absolute atomic E-state index is 13.6. The van der Waals surface area contributed by atoms with E-state index in [9.17, 15) is 18.0 Å². The number of hydrogen-bond acceptors (Lipinski definition) is 4. The fourth-order valence-electron chi connectivity index (χ4n) is 3.69. The Balaban J connectivity index is 1.68. The van der Waals surface area contributed by atoms with Gasteiger partial charge in [-0.1, -0.05) is 54.1 Å². The largest absolute Gasteiger partial charge is 0.354 e. The van der Waals surface area contributed by atoms with Crippen LogP contribution in [0.15, 0.2) is 83.8 Å². The number of rotatable bonds is 6. The van der Waals surface area contributed by atoms with E-state index in [1.54, 1.807) is 17.0 Å². The van der Waals surface area contributed by atoms with E-state index >= 15 is 0 Å². The highest BCUT2D eigenvalue weighted by Gasteiger charge is 2.30. The van der Waals surface area contributed by atoms with Crippen molar-refractivity contribution in [2.24, 2.45) is 0 Å². The van der Waals surface area contributed by atoms with Crippen LogP contribution in [0.25, 0.3) is 0 Å². The maximum atomic E-state index is 13.6. The summed E-state index contributed by atoms with van der Waals surface area (Å²) in [5, 5.41) is 2.62. The van der Waals surface area contributed by atoms with Gasteiger partial charge in [-0.05, 0) is 42.8 Å². The van der Waals surface area contributed by atoms with Crippen LogP contribution in [0.1, 0.15) is 21.5 Å². The molecule has 3 aromatic rings. The van der Waals surface area contributed by atoms with Crippen molar-refractivity contribution in [3.63, 3.8) is 0 Å². The lowest BCUT2D eigenvalue weighted by Gasteiger charge is -2.26. The Kier molecular flexibility index (Phi) is 6.57. The number of carbonyl (C=O) groups is 2. The predicted octanol–water partition coefficient (Wildman–Crippen LogP) is 2.96. The highest BCUT2D eigenvalue weighted by atomic mass is 32.2. The molecule has 3 aromatic carbocycles. The van der Waals surface area contributed by atoms with Crippen molar-refractivity contribution >= 4 is 27.5 Å². The van der Waals surface area contributed by atoms with Gasteiger partial charge in [-0.25, -0.2) is 8.42 Å². The lowest BCUT2D eigenvalue weighted by molar-refractivity contribution is -0.122. The molecule has 0 saturated carbocycles. The fraction of sp³-hybridized carbons (Fsp3) is 0.200. The topological polar surface area (TPSA) is 86.8 Å². The Morgan fingerprint density at radius 1 is 1.00 bits per heavy atom. The van der Waals surface area contributed by atoms with Crippen LogP contribution in [-0.4, -0.2) is 44.2 Å². The summed E-state index contributed by atoms with van der Waals surface area (Å²) in [4.78, 5) is 26.9. The van der Waals surface area contributed by atoms with Gasteiger partial charge in [0.05, 0.1) is 18.0 Å². The van der Waals surface area contributed by atoms with E-state index in [1.807, 2.05) is 61.5 Å². The summed E-state index contributed by atoms with van der Waals surface area (Å²) in [6.45, 7) is 2.53. The molecular weight excluding hydrogens is 438 g/mol. The summed E-state index contributed by atoms with van der Waals surface area (Å²) in [6.07, 6.45) is 0. The number of hydrogen-bond donors (Lipinski definition) is 1. The number of piperazine rings is 1. The van der Waals surface area contributed by atoms with Crippen LogP contribution in [0.2, 0.25) is 0 Å². The molecule has 0 spiro atoms. The van der Waals surface area contributed by atoms with Gasteiger partial charge in [-0.2, -0.15) is 4.31 Å². The van der Waals surface area contributed by atoms with Crippen LogP contribution in [0, 0.1) is 6.92 Å². The Bertz CT molecular complexity index is 1260. The number of amides is 2. The van der Waals surface area contributed by atoms with Gasteiger partial charge in [0.25, 0.3) is 5.91 Å². The predicted molar refractivity (Wildman–Crippen MR) is 126 cm³/mol. The van der Waals surface area contributed by atoms with Crippen molar-refractivity contribution in [3.8, 4) is 0 Å². The summed E-state index contributed by atoms with van der Waals surface area (Å²) in [5.41, 5.74) is 3.00. The van der Waals surface area contributed by atoms with E-state index in [0.29, 0.717) is 6.54 Å². The highest BCUT2D eigenvalue weighted by molar-refractivity contribution is 7.89. The van der Waals surface area contributed by atoms with Gasteiger partial charge in [0, 0.05) is 24.3 Å². The Morgan fingerprint density at radius 3 is 2.42 bits per heavy atom. The molecule has 2 amide bonds. The van der Waals surface area contributed by atoms with Crippen molar-refractivity contribution < 1.29 is 18.0 Å². The monoisotopic (exact) mass is 463 g/mol. The molecule has 0 unspecified atom stereocenters. The fourth-order valence-corrected chi connectivity index (χ4v) is 5.13. The minimum Gasteiger partial charge on any atom is -0.354 e. The van der Waals surface area contributed by atoms with Crippen LogP contribution in [0.4, 0.5) is 5.69 Å². The molecule has 1 heterocycles. The van der Waals surface area contributed by atoms with E-state index in [2.05, 4.69) is 5.32 Å². The second kappa shape index (κ2) is 9.56. The number of benzene rings is 3. The molecular formula is C25H25N3O4S. The lowest BCUT2D eigenvalue weighted by atomic mass is 10.1. The molecule has 1 saturated heterocycles. The molecule has 1 fully saturated rings. The number of carbonyl (C=O) groups excluding carboxylic acids is 2. The van der Waals surface area contributed by atoms with Crippen LogP contribution in [0.3, 0.4) is 0 Å². The van der Waals surface area contributed by atoms with Gasteiger partial charge >= 0.3 is 0 Å². The summed E-state index contributed by atoms with van der Waals surface area (Å²) in [7, 11) is -3.90. The van der Waals surface area contributed by atoms with Crippen LogP contribution < -0.4 is 10.2 Å². The first-order valence-corrected chi connectivity index (χ1v) is 12.1. The van der Waals surface area contributed by atoms with E-state index in [-0.39, 0.29) is 41.9 Å². The number of aryl methyl sites for hydroxylation is 1. The van der Waals surface area contributed by atoms with Crippen molar-refractivity contribution in [2.75, 3.05) is 24.5 Å². The average Bonchev–Trinajstić information content (AvgIpc) is 2.83. The first-order valence-electron chi connectivity index (χ1n) is 10.6. The second-order valence-corrected chi connectivity index (χ2v) is 9.87. The average molecular weight is 464 g/mol. The summed E-state index contributed by atoms with van der Waals surface area (Å²) >= 11 is 0. The smallest absolute Gasteiger partial charge is 0.258 e. The third-order valence-electron chi connectivity index (χ3n) is 5.50. The van der Waals surface area contributed by atoms with Crippen LogP contribution in [0.5, 0.6) is 0 Å². The van der Waals surface area contributed by atoms with Crippen LogP contribution in [-0.2, 0) is 21.4 Å². The number of nitrogens with one attached hydrogen (secondary N) is 1. The quantitative estimate of drug-likeness (QED) is 0.609. The Labute approximate surface area is 193 Å². The van der Waals surface area contributed by atoms with E-state index in [1.165, 1.54) is 12.1 Å². The molecule has 170 valence electrons. The lowest BCUT2D eigenvalue weighted by Crippen LogP contribution is -2.49. The zero-order valence-corrected chi connectivity index (χ0v) is 19.1. The molecule has 8 heteroatoms. The number of nitrogens with zero attached hydrogens (tertiary/aromatic N) is 2. The molecule has 0 radical (unpaired) electrons. The molecule has 1 N–H and O–H groups in total. The molecule has 1 aliphatic rings. The van der Waals surface area contributed by atoms with Gasteiger partial charge in [0.1, 0.15) is 0 Å². The normalized spacial score (nSPS) is 14.5. The summed E-state index contributed by atoms with van der Waals surface area (Å²) in [5.74, 6) is -0.651. The van der Waals surface area contributed by atoms with Gasteiger partial charge in [-0.3, -0.25) is 9.59 Å². The zero-order valence-electron chi connectivity index (χ0n) is 18.3. The minimum atomic E-state index is -3.90.